The van der Waals surface area contributed by atoms with Crippen molar-refractivity contribution in [3.8, 4) is 0 Å². The van der Waals surface area contributed by atoms with E-state index in [9.17, 15) is 8.42 Å². The highest BCUT2D eigenvalue weighted by Gasteiger charge is 2.22. The van der Waals surface area contributed by atoms with Gasteiger partial charge in [0, 0.05) is 5.56 Å². The monoisotopic (exact) mass is 319 g/mol. The van der Waals surface area contributed by atoms with Gasteiger partial charge in [0.15, 0.2) is 9.84 Å². The Morgan fingerprint density at radius 2 is 1.67 bits per heavy atom. The topological polar surface area (TPSA) is 60.2 Å². The average Bonchev–Trinajstić information content (AvgIpc) is 2.47. The first-order chi connectivity index (χ1) is 9.90. The quantitative estimate of drug-likeness (QED) is 0.861. The smallest absolute Gasteiger partial charge is 0.161 e. The van der Waals surface area contributed by atoms with Crippen LogP contribution in [-0.2, 0) is 15.6 Å². The van der Waals surface area contributed by atoms with Gasteiger partial charge in [-0.3, -0.25) is 0 Å². The predicted molar refractivity (Wildman–Crippen MR) is 89.8 cm³/mol. The molecule has 0 amide bonds. The molecule has 2 aromatic rings. The first-order valence-corrected chi connectivity index (χ1v) is 8.68. The lowest BCUT2D eigenvalue weighted by Crippen LogP contribution is -2.13. The Bertz CT molecular complexity index is 723. The Balaban J connectivity index is 2.19. The number of thiocarbonyl (C=S) groups is 1. The van der Waals surface area contributed by atoms with Gasteiger partial charge in [-0.25, -0.2) is 8.42 Å². The van der Waals surface area contributed by atoms with Gasteiger partial charge < -0.3 is 5.73 Å². The minimum absolute atomic E-state index is 0.000669. The third-order valence-electron chi connectivity index (χ3n) is 3.41. The molecule has 0 bridgehead atoms. The first kappa shape index (κ1) is 15.7. The molecule has 5 heteroatoms. The van der Waals surface area contributed by atoms with E-state index in [1.54, 1.807) is 31.2 Å². The van der Waals surface area contributed by atoms with Crippen molar-refractivity contribution >= 4 is 27.0 Å². The van der Waals surface area contributed by atoms with Crippen molar-refractivity contribution in [3.63, 3.8) is 0 Å². The van der Waals surface area contributed by atoms with Crippen molar-refractivity contribution in [1.82, 2.24) is 0 Å². The average molecular weight is 319 g/mol. The molecule has 1 unspecified atom stereocenters. The summed E-state index contributed by atoms with van der Waals surface area (Å²) >= 11 is 4.88. The van der Waals surface area contributed by atoms with Crippen molar-refractivity contribution in [2.24, 2.45) is 5.73 Å². The maximum atomic E-state index is 12.5. The van der Waals surface area contributed by atoms with Gasteiger partial charge in [-0.05, 0) is 18.1 Å². The van der Waals surface area contributed by atoms with Crippen LogP contribution in [0.2, 0.25) is 0 Å². The number of sulfone groups is 1. The second kappa shape index (κ2) is 6.37. The minimum atomic E-state index is -3.26. The summed E-state index contributed by atoms with van der Waals surface area (Å²) in [7, 11) is -3.26. The van der Waals surface area contributed by atoms with Crippen molar-refractivity contribution < 1.29 is 8.42 Å². The van der Waals surface area contributed by atoms with E-state index in [1.165, 1.54) is 0 Å². The van der Waals surface area contributed by atoms with Crippen LogP contribution in [0.15, 0.2) is 54.6 Å². The molecule has 3 nitrogen and oxygen atoms in total. The van der Waals surface area contributed by atoms with E-state index >= 15 is 0 Å². The molecule has 0 saturated carbocycles. The molecule has 0 aliphatic heterocycles. The number of nitrogens with two attached hydrogens (primary N) is 1. The fraction of sp³-hybridized carbons (Fsp3) is 0.188. The van der Waals surface area contributed by atoms with Crippen LogP contribution in [0.25, 0.3) is 0 Å². The van der Waals surface area contributed by atoms with E-state index in [0.29, 0.717) is 4.99 Å². The number of hydrogen-bond acceptors (Lipinski definition) is 3. The van der Waals surface area contributed by atoms with Gasteiger partial charge in [0.2, 0.25) is 0 Å². The normalized spacial score (nSPS) is 12.8. The summed E-state index contributed by atoms with van der Waals surface area (Å²) in [5, 5.41) is -0.533. The summed E-state index contributed by atoms with van der Waals surface area (Å²) in [6.07, 6.45) is 0. The molecule has 2 aromatic carbocycles. The summed E-state index contributed by atoms with van der Waals surface area (Å²) in [5.74, 6) is 0.000669. The van der Waals surface area contributed by atoms with Crippen LogP contribution < -0.4 is 5.73 Å². The molecular formula is C16H17NO2S2. The molecule has 1 atom stereocenters. The summed E-state index contributed by atoms with van der Waals surface area (Å²) in [4.78, 5) is 0.307. The lowest BCUT2D eigenvalue weighted by molar-refractivity contribution is 0.585. The zero-order valence-corrected chi connectivity index (χ0v) is 13.3. The Morgan fingerprint density at radius 1 is 1.10 bits per heavy atom. The number of benzene rings is 2. The maximum absolute atomic E-state index is 12.5. The number of rotatable bonds is 5. The van der Waals surface area contributed by atoms with Gasteiger partial charge in [0.1, 0.15) is 4.99 Å². The molecule has 2 rings (SSSR count). The highest BCUT2D eigenvalue weighted by molar-refractivity contribution is 7.90. The zero-order chi connectivity index (χ0) is 15.5. The standard InChI is InChI=1S/C16H17NO2S2/c1-12(14-5-3-2-4-6-14)21(18,19)11-13-7-9-15(10-8-13)16(17)20/h2-10,12H,11H2,1H3,(H2,17,20). The zero-order valence-electron chi connectivity index (χ0n) is 11.7. The van der Waals surface area contributed by atoms with Crippen LogP contribution in [0, 0.1) is 0 Å². The Hall–Kier alpha value is -1.72. The molecule has 0 fully saturated rings. The molecule has 110 valence electrons. The third kappa shape index (κ3) is 3.89. The lowest BCUT2D eigenvalue weighted by atomic mass is 10.1. The van der Waals surface area contributed by atoms with Crippen LogP contribution in [0.5, 0.6) is 0 Å². The van der Waals surface area contributed by atoms with E-state index in [2.05, 4.69) is 0 Å². The number of hydrogen-bond donors (Lipinski definition) is 1. The highest BCUT2D eigenvalue weighted by atomic mass is 32.2. The predicted octanol–water partition coefficient (Wildman–Crippen LogP) is 3.00. The largest absolute Gasteiger partial charge is 0.389 e. The molecular weight excluding hydrogens is 302 g/mol. The van der Waals surface area contributed by atoms with Crippen LogP contribution >= 0.6 is 12.2 Å². The van der Waals surface area contributed by atoms with Gasteiger partial charge in [-0.15, -0.1) is 0 Å². The molecule has 0 spiro atoms. The molecule has 0 saturated heterocycles. The van der Waals surface area contributed by atoms with E-state index in [1.807, 2.05) is 30.3 Å². The Labute approximate surface area is 130 Å². The fourth-order valence-electron chi connectivity index (χ4n) is 2.05. The van der Waals surface area contributed by atoms with Crippen LogP contribution in [0.3, 0.4) is 0 Å². The molecule has 0 radical (unpaired) electrons. The van der Waals surface area contributed by atoms with Crippen LogP contribution in [-0.4, -0.2) is 13.4 Å². The Morgan fingerprint density at radius 3 is 2.19 bits per heavy atom. The molecule has 0 aliphatic carbocycles. The lowest BCUT2D eigenvalue weighted by Gasteiger charge is -2.13. The van der Waals surface area contributed by atoms with Crippen molar-refractivity contribution in [2.75, 3.05) is 0 Å². The van der Waals surface area contributed by atoms with Crippen LogP contribution in [0.1, 0.15) is 28.9 Å². The summed E-state index contributed by atoms with van der Waals surface area (Å²) < 4.78 is 24.9. The highest BCUT2D eigenvalue weighted by Crippen LogP contribution is 2.25. The molecule has 21 heavy (non-hydrogen) atoms. The molecule has 0 heterocycles. The molecule has 0 aliphatic rings. The van der Waals surface area contributed by atoms with Gasteiger partial charge in [-0.2, -0.15) is 0 Å². The van der Waals surface area contributed by atoms with E-state index in [-0.39, 0.29) is 5.75 Å². The first-order valence-electron chi connectivity index (χ1n) is 6.55. The summed E-state index contributed by atoms with van der Waals surface area (Å²) in [5.41, 5.74) is 7.80. The van der Waals surface area contributed by atoms with Gasteiger partial charge in [0.25, 0.3) is 0 Å². The van der Waals surface area contributed by atoms with E-state index in [0.717, 1.165) is 16.7 Å². The fourth-order valence-corrected chi connectivity index (χ4v) is 3.67. The minimum Gasteiger partial charge on any atom is -0.389 e. The van der Waals surface area contributed by atoms with E-state index in [4.69, 9.17) is 18.0 Å². The van der Waals surface area contributed by atoms with E-state index < -0.39 is 15.1 Å². The third-order valence-corrected chi connectivity index (χ3v) is 5.73. The summed E-state index contributed by atoms with van der Waals surface area (Å²) in [6.45, 7) is 1.72. The second-order valence-corrected chi connectivity index (χ2v) is 7.68. The van der Waals surface area contributed by atoms with Crippen molar-refractivity contribution in [2.45, 2.75) is 17.9 Å². The van der Waals surface area contributed by atoms with Crippen molar-refractivity contribution in [1.29, 1.82) is 0 Å². The maximum Gasteiger partial charge on any atom is 0.161 e. The van der Waals surface area contributed by atoms with Gasteiger partial charge >= 0.3 is 0 Å². The van der Waals surface area contributed by atoms with Crippen molar-refractivity contribution in [3.05, 3.63) is 71.3 Å². The van der Waals surface area contributed by atoms with Gasteiger partial charge in [0.05, 0.1) is 11.0 Å². The summed E-state index contributed by atoms with van der Waals surface area (Å²) in [6, 6.07) is 16.2. The molecule has 0 aromatic heterocycles. The second-order valence-electron chi connectivity index (χ2n) is 4.92. The van der Waals surface area contributed by atoms with Gasteiger partial charge in [-0.1, -0.05) is 66.8 Å². The Kier molecular flexibility index (Phi) is 4.75. The van der Waals surface area contributed by atoms with Crippen LogP contribution in [0.4, 0.5) is 0 Å². The molecule has 2 N–H and O–H groups in total. The SMILES string of the molecule is CC(c1ccccc1)S(=O)(=O)Cc1ccc(C(N)=S)cc1.